The van der Waals surface area contributed by atoms with Crippen LogP contribution in [0, 0.1) is 0 Å². The predicted molar refractivity (Wildman–Crippen MR) is 135 cm³/mol. The molecule has 0 radical (unpaired) electrons. The lowest BCUT2D eigenvalue weighted by molar-refractivity contribution is -0.131. The average molecular weight is 537 g/mol. The molecular formula is C22H32IN7O. The number of anilines is 1. The zero-order valence-corrected chi connectivity index (χ0v) is 20.4. The summed E-state index contributed by atoms with van der Waals surface area (Å²) in [6.45, 7) is 7.09. The number of aromatic nitrogens is 2. The van der Waals surface area contributed by atoms with Gasteiger partial charge in [-0.25, -0.2) is 4.98 Å². The van der Waals surface area contributed by atoms with Crippen molar-refractivity contribution in [2.24, 2.45) is 4.99 Å². The largest absolute Gasteiger partial charge is 0.357 e. The van der Waals surface area contributed by atoms with Gasteiger partial charge in [0.25, 0.3) is 0 Å². The van der Waals surface area contributed by atoms with Crippen LogP contribution < -0.4 is 15.5 Å². The second-order valence-corrected chi connectivity index (χ2v) is 7.06. The second kappa shape index (κ2) is 13.8. The molecule has 0 aromatic carbocycles. The summed E-state index contributed by atoms with van der Waals surface area (Å²) in [5.74, 6) is 1.87. The van der Waals surface area contributed by atoms with Gasteiger partial charge in [-0.15, -0.1) is 24.0 Å². The van der Waals surface area contributed by atoms with Crippen molar-refractivity contribution in [3.8, 4) is 0 Å². The lowest BCUT2D eigenvalue weighted by Gasteiger charge is -2.35. The van der Waals surface area contributed by atoms with E-state index in [-0.39, 0.29) is 29.9 Å². The van der Waals surface area contributed by atoms with Crippen molar-refractivity contribution < 1.29 is 4.79 Å². The summed E-state index contributed by atoms with van der Waals surface area (Å²) in [4.78, 5) is 30.0. The summed E-state index contributed by atoms with van der Waals surface area (Å²) in [7, 11) is 0. The lowest BCUT2D eigenvalue weighted by atomic mass is 10.2. The van der Waals surface area contributed by atoms with Crippen LogP contribution in [0.3, 0.4) is 0 Å². The van der Waals surface area contributed by atoms with E-state index in [0.29, 0.717) is 13.0 Å². The summed E-state index contributed by atoms with van der Waals surface area (Å²) in [5, 5.41) is 6.53. The third kappa shape index (κ3) is 8.31. The van der Waals surface area contributed by atoms with Crippen molar-refractivity contribution in [1.82, 2.24) is 25.5 Å². The van der Waals surface area contributed by atoms with E-state index >= 15 is 0 Å². The minimum absolute atomic E-state index is 0. The van der Waals surface area contributed by atoms with E-state index in [1.54, 1.807) is 12.4 Å². The highest BCUT2D eigenvalue weighted by Gasteiger charge is 2.21. The first-order valence-electron chi connectivity index (χ1n) is 10.6. The minimum Gasteiger partial charge on any atom is -0.357 e. The summed E-state index contributed by atoms with van der Waals surface area (Å²) in [6.07, 6.45) is 4.85. The van der Waals surface area contributed by atoms with Crippen molar-refractivity contribution in [2.75, 3.05) is 50.7 Å². The molecule has 8 nitrogen and oxygen atoms in total. The topological polar surface area (TPSA) is 85.8 Å². The SMILES string of the molecule is CCNC(=NCCC(=O)N1CCN(c2ccccn2)CC1)NCCc1ccccn1.I. The van der Waals surface area contributed by atoms with Gasteiger partial charge in [-0.05, 0) is 31.2 Å². The van der Waals surface area contributed by atoms with Gasteiger partial charge in [0.05, 0.1) is 6.54 Å². The molecule has 1 saturated heterocycles. The molecule has 1 amide bonds. The van der Waals surface area contributed by atoms with Gasteiger partial charge < -0.3 is 20.4 Å². The van der Waals surface area contributed by atoms with Crippen LogP contribution in [-0.4, -0.2) is 72.5 Å². The van der Waals surface area contributed by atoms with Crippen LogP contribution in [0.5, 0.6) is 0 Å². The number of hydrogen-bond donors (Lipinski definition) is 2. The highest BCUT2D eigenvalue weighted by Crippen LogP contribution is 2.13. The van der Waals surface area contributed by atoms with E-state index in [1.807, 2.05) is 48.2 Å². The van der Waals surface area contributed by atoms with Crippen LogP contribution in [0.1, 0.15) is 19.0 Å². The molecule has 1 aliphatic heterocycles. The van der Waals surface area contributed by atoms with Crippen molar-refractivity contribution in [1.29, 1.82) is 0 Å². The van der Waals surface area contributed by atoms with Crippen LogP contribution in [-0.2, 0) is 11.2 Å². The maximum absolute atomic E-state index is 12.6. The maximum Gasteiger partial charge on any atom is 0.224 e. The Labute approximate surface area is 201 Å². The fraction of sp³-hybridized carbons (Fsp3) is 0.455. The van der Waals surface area contributed by atoms with Crippen molar-refractivity contribution in [3.63, 3.8) is 0 Å². The Morgan fingerprint density at radius 3 is 2.42 bits per heavy atom. The number of guanidine groups is 1. The summed E-state index contributed by atoms with van der Waals surface area (Å²) in [6, 6.07) is 11.8. The molecule has 1 aliphatic rings. The Bertz CT molecular complexity index is 796. The molecule has 0 bridgehead atoms. The van der Waals surface area contributed by atoms with Gasteiger partial charge in [-0.3, -0.25) is 14.8 Å². The highest BCUT2D eigenvalue weighted by molar-refractivity contribution is 14.0. The van der Waals surface area contributed by atoms with E-state index < -0.39 is 0 Å². The molecule has 2 aromatic rings. The van der Waals surface area contributed by atoms with Crippen molar-refractivity contribution in [2.45, 2.75) is 19.8 Å². The van der Waals surface area contributed by atoms with Crippen LogP contribution in [0.4, 0.5) is 5.82 Å². The molecule has 0 aliphatic carbocycles. The number of nitrogens with zero attached hydrogens (tertiary/aromatic N) is 5. The van der Waals surface area contributed by atoms with Gasteiger partial charge in [0.2, 0.25) is 5.91 Å². The normalized spacial score (nSPS) is 14.0. The first-order valence-corrected chi connectivity index (χ1v) is 10.6. The maximum atomic E-state index is 12.6. The number of rotatable bonds is 8. The molecule has 168 valence electrons. The number of hydrogen-bond acceptors (Lipinski definition) is 5. The van der Waals surface area contributed by atoms with Crippen molar-refractivity contribution in [3.05, 3.63) is 54.5 Å². The van der Waals surface area contributed by atoms with Crippen LogP contribution in [0.15, 0.2) is 53.8 Å². The highest BCUT2D eigenvalue weighted by atomic mass is 127. The van der Waals surface area contributed by atoms with Crippen LogP contribution in [0.25, 0.3) is 0 Å². The Morgan fingerprint density at radius 1 is 1.03 bits per heavy atom. The van der Waals surface area contributed by atoms with Gasteiger partial charge in [0, 0.05) is 70.2 Å². The lowest BCUT2D eigenvalue weighted by Crippen LogP contribution is -2.49. The molecule has 2 N–H and O–H groups in total. The van der Waals surface area contributed by atoms with Crippen LogP contribution in [0.2, 0.25) is 0 Å². The third-order valence-electron chi connectivity index (χ3n) is 4.95. The molecule has 0 unspecified atom stereocenters. The molecule has 3 rings (SSSR count). The zero-order valence-electron chi connectivity index (χ0n) is 18.0. The standard InChI is InChI=1S/C22H31N7O.HI/c1-2-23-22(26-13-9-19-7-3-5-11-24-19)27-14-10-21(30)29-17-15-28(16-18-29)20-8-4-6-12-25-20;/h3-8,11-12H,2,9-10,13-18H2,1H3,(H2,23,26,27);1H. The fourth-order valence-electron chi connectivity index (χ4n) is 3.34. The molecule has 0 atom stereocenters. The Kier molecular flexibility index (Phi) is 11.0. The molecule has 1 fully saturated rings. The number of carbonyl (C=O) groups is 1. The average Bonchev–Trinajstić information content (AvgIpc) is 2.80. The van der Waals surface area contributed by atoms with E-state index in [1.165, 1.54) is 0 Å². The molecule has 0 spiro atoms. The predicted octanol–water partition coefficient (Wildman–Crippen LogP) is 1.93. The van der Waals surface area contributed by atoms with Gasteiger partial charge in [0.15, 0.2) is 5.96 Å². The van der Waals surface area contributed by atoms with E-state index in [9.17, 15) is 4.79 Å². The molecule has 9 heteroatoms. The van der Waals surface area contributed by atoms with Gasteiger partial charge in [0.1, 0.15) is 5.82 Å². The van der Waals surface area contributed by atoms with Crippen LogP contribution >= 0.6 is 24.0 Å². The fourth-order valence-corrected chi connectivity index (χ4v) is 3.34. The molecular weight excluding hydrogens is 505 g/mol. The Hall–Kier alpha value is -2.43. The van der Waals surface area contributed by atoms with Gasteiger partial charge in [-0.2, -0.15) is 0 Å². The summed E-state index contributed by atoms with van der Waals surface area (Å²) >= 11 is 0. The number of carbonyl (C=O) groups excluding carboxylic acids is 1. The van der Waals surface area contributed by atoms with Crippen molar-refractivity contribution >= 4 is 41.7 Å². The van der Waals surface area contributed by atoms with E-state index in [2.05, 4.69) is 30.5 Å². The zero-order chi connectivity index (χ0) is 21.0. The molecule has 3 heterocycles. The monoisotopic (exact) mass is 537 g/mol. The number of halogens is 1. The molecule has 31 heavy (non-hydrogen) atoms. The number of aliphatic imine (C=N–C) groups is 1. The second-order valence-electron chi connectivity index (χ2n) is 7.06. The smallest absolute Gasteiger partial charge is 0.224 e. The summed E-state index contributed by atoms with van der Waals surface area (Å²) in [5.41, 5.74) is 1.04. The summed E-state index contributed by atoms with van der Waals surface area (Å²) < 4.78 is 0. The minimum atomic E-state index is 0. The first kappa shape index (κ1) is 24.8. The number of nitrogens with one attached hydrogen (secondary N) is 2. The van der Waals surface area contributed by atoms with E-state index in [4.69, 9.17) is 0 Å². The number of pyridine rings is 2. The van der Waals surface area contributed by atoms with E-state index in [0.717, 1.165) is 63.2 Å². The van der Waals surface area contributed by atoms with Gasteiger partial charge >= 0.3 is 0 Å². The third-order valence-corrected chi connectivity index (χ3v) is 4.95. The molecule has 0 saturated carbocycles. The van der Waals surface area contributed by atoms with Gasteiger partial charge in [-0.1, -0.05) is 12.1 Å². The Morgan fingerprint density at radius 2 is 1.77 bits per heavy atom. The number of amides is 1. The molecule has 2 aromatic heterocycles. The first-order chi connectivity index (χ1) is 14.8. The Balaban J connectivity index is 0.00000341. The quantitative estimate of drug-likeness (QED) is 0.304. The number of piperazine rings is 1.